The van der Waals surface area contributed by atoms with Crippen molar-refractivity contribution in [2.24, 2.45) is 0 Å². The first kappa shape index (κ1) is 18.3. The van der Waals surface area contributed by atoms with Gasteiger partial charge in [0, 0.05) is 5.69 Å². The number of methoxy groups -OCH3 is 1. The van der Waals surface area contributed by atoms with E-state index < -0.39 is 5.97 Å². The van der Waals surface area contributed by atoms with Crippen LogP contribution in [0.5, 0.6) is 5.75 Å². The van der Waals surface area contributed by atoms with Crippen LogP contribution in [0.2, 0.25) is 0 Å². The van der Waals surface area contributed by atoms with Crippen molar-refractivity contribution >= 4 is 17.6 Å². The summed E-state index contributed by atoms with van der Waals surface area (Å²) in [7, 11) is 1.31. The lowest BCUT2D eigenvalue weighted by Crippen LogP contribution is -2.13. The van der Waals surface area contributed by atoms with E-state index in [0.29, 0.717) is 34.1 Å². The van der Waals surface area contributed by atoms with Crippen molar-refractivity contribution in [3.8, 4) is 5.75 Å². The molecule has 1 amide bonds. The van der Waals surface area contributed by atoms with Crippen LogP contribution in [0.1, 0.15) is 32.2 Å². The van der Waals surface area contributed by atoms with E-state index in [1.54, 1.807) is 49.4 Å². The molecule has 0 aliphatic rings. The second-order valence-corrected chi connectivity index (χ2v) is 5.78. The van der Waals surface area contributed by atoms with Gasteiger partial charge < -0.3 is 19.2 Å². The average molecular weight is 365 g/mol. The summed E-state index contributed by atoms with van der Waals surface area (Å²) in [5, 5.41) is 2.83. The maximum atomic E-state index is 12.6. The number of benzene rings is 2. The molecule has 0 atom stereocenters. The van der Waals surface area contributed by atoms with Gasteiger partial charge in [-0.3, -0.25) is 4.79 Å². The molecule has 0 aliphatic carbocycles. The highest BCUT2D eigenvalue weighted by molar-refractivity contribution is 6.06. The maximum Gasteiger partial charge on any atom is 0.341 e. The van der Waals surface area contributed by atoms with Crippen molar-refractivity contribution in [3.63, 3.8) is 0 Å². The molecular weight excluding hydrogens is 346 g/mol. The molecular formula is C21H19NO5. The Hall–Kier alpha value is -3.54. The topological polar surface area (TPSA) is 77.8 Å². The molecule has 6 nitrogen and oxygen atoms in total. The zero-order valence-electron chi connectivity index (χ0n) is 15.0. The molecule has 3 aromatic rings. The molecule has 138 valence electrons. The molecule has 1 heterocycles. The first-order chi connectivity index (χ1) is 13.1. The van der Waals surface area contributed by atoms with Gasteiger partial charge in [-0.05, 0) is 37.3 Å². The van der Waals surface area contributed by atoms with Crippen LogP contribution in [0.3, 0.4) is 0 Å². The fourth-order valence-electron chi connectivity index (χ4n) is 2.58. The van der Waals surface area contributed by atoms with Gasteiger partial charge in [-0.15, -0.1) is 0 Å². The molecule has 1 N–H and O–H groups in total. The van der Waals surface area contributed by atoms with E-state index in [9.17, 15) is 9.59 Å². The summed E-state index contributed by atoms with van der Waals surface area (Å²) >= 11 is 0. The summed E-state index contributed by atoms with van der Waals surface area (Å²) in [6, 6.07) is 17.7. The lowest BCUT2D eigenvalue weighted by molar-refractivity contribution is 0.0598. The number of carbonyl (C=O) groups excluding carboxylic acids is 2. The summed E-state index contributed by atoms with van der Waals surface area (Å²) < 4.78 is 16.0. The minimum Gasteiger partial charge on any atom is -0.485 e. The van der Waals surface area contributed by atoms with E-state index in [-0.39, 0.29) is 12.5 Å². The molecule has 27 heavy (non-hydrogen) atoms. The highest BCUT2D eigenvalue weighted by Gasteiger charge is 2.17. The average Bonchev–Trinajstić information content (AvgIpc) is 3.07. The third kappa shape index (κ3) is 4.36. The smallest absolute Gasteiger partial charge is 0.341 e. The Morgan fingerprint density at radius 1 is 1.00 bits per heavy atom. The van der Waals surface area contributed by atoms with Gasteiger partial charge in [-0.1, -0.05) is 30.3 Å². The lowest BCUT2D eigenvalue weighted by Gasteiger charge is -2.11. The third-order valence-corrected chi connectivity index (χ3v) is 3.91. The number of ether oxygens (including phenoxy) is 2. The normalized spacial score (nSPS) is 10.3. The Morgan fingerprint density at radius 3 is 2.44 bits per heavy atom. The van der Waals surface area contributed by atoms with Gasteiger partial charge >= 0.3 is 5.97 Å². The van der Waals surface area contributed by atoms with Crippen molar-refractivity contribution in [2.45, 2.75) is 13.5 Å². The van der Waals surface area contributed by atoms with E-state index in [1.165, 1.54) is 7.11 Å². The first-order valence-corrected chi connectivity index (χ1v) is 8.34. The van der Waals surface area contributed by atoms with E-state index in [0.717, 1.165) is 0 Å². The number of aryl methyl sites for hydroxylation is 1. The highest BCUT2D eigenvalue weighted by atomic mass is 16.5. The van der Waals surface area contributed by atoms with E-state index in [1.807, 2.05) is 18.2 Å². The Kier molecular flexibility index (Phi) is 5.56. The van der Waals surface area contributed by atoms with Crippen LogP contribution in [0, 0.1) is 6.92 Å². The molecule has 0 fully saturated rings. The SMILES string of the molecule is COC(=O)c1cc(COc2ccccc2C(=O)Nc2ccccc2)oc1C. The molecule has 0 saturated carbocycles. The van der Waals surface area contributed by atoms with Gasteiger partial charge in [-0.2, -0.15) is 0 Å². The number of nitrogens with one attached hydrogen (secondary N) is 1. The van der Waals surface area contributed by atoms with Crippen molar-refractivity contribution < 1.29 is 23.5 Å². The monoisotopic (exact) mass is 365 g/mol. The number of hydrogen-bond acceptors (Lipinski definition) is 5. The maximum absolute atomic E-state index is 12.6. The Labute approximate surface area is 156 Å². The van der Waals surface area contributed by atoms with Gasteiger partial charge in [0.25, 0.3) is 5.91 Å². The van der Waals surface area contributed by atoms with Crippen molar-refractivity contribution in [3.05, 3.63) is 83.3 Å². The zero-order chi connectivity index (χ0) is 19.2. The highest BCUT2D eigenvalue weighted by Crippen LogP contribution is 2.22. The Balaban J connectivity index is 1.73. The van der Waals surface area contributed by atoms with Gasteiger partial charge in [0.15, 0.2) is 0 Å². The van der Waals surface area contributed by atoms with Crippen LogP contribution in [-0.2, 0) is 11.3 Å². The van der Waals surface area contributed by atoms with Gasteiger partial charge in [-0.25, -0.2) is 4.79 Å². The Bertz CT molecular complexity index is 946. The molecule has 2 aromatic carbocycles. The number of carbonyl (C=O) groups is 2. The van der Waals surface area contributed by atoms with Crippen LogP contribution in [0.4, 0.5) is 5.69 Å². The minimum absolute atomic E-state index is 0.0768. The molecule has 0 spiro atoms. The Morgan fingerprint density at radius 2 is 1.70 bits per heavy atom. The summed E-state index contributed by atoms with van der Waals surface area (Å²) in [6.07, 6.45) is 0. The van der Waals surface area contributed by atoms with Crippen molar-refractivity contribution in [1.82, 2.24) is 0 Å². The fourth-order valence-corrected chi connectivity index (χ4v) is 2.58. The largest absolute Gasteiger partial charge is 0.485 e. The van der Waals surface area contributed by atoms with Crippen LogP contribution in [0.25, 0.3) is 0 Å². The van der Waals surface area contributed by atoms with Crippen LogP contribution < -0.4 is 10.1 Å². The second kappa shape index (κ2) is 8.23. The number of furan rings is 1. The van der Waals surface area contributed by atoms with Crippen molar-refractivity contribution in [2.75, 3.05) is 12.4 Å². The third-order valence-electron chi connectivity index (χ3n) is 3.91. The predicted octanol–water partition coefficient (Wildman–Crippen LogP) is 4.21. The molecule has 1 aromatic heterocycles. The molecule has 0 unspecified atom stereocenters. The van der Waals surface area contributed by atoms with Gasteiger partial charge in [0.05, 0.1) is 12.7 Å². The van der Waals surface area contributed by atoms with E-state index >= 15 is 0 Å². The number of hydrogen-bond donors (Lipinski definition) is 1. The number of esters is 1. The number of amides is 1. The van der Waals surface area contributed by atoms with Crippen LogP contribution >= 0.6 is 0 Å². The number of rotatable bonds is 6. The van der Waals surface area contributed by atoms with E-state index in [2.05, 4.69) is 5.32 Å². The molecule has 0 radical (unpaired) electrons. The number of para-hydroxylation sites is 2. The van der Waals surface area contributed by atoms with Crippen molar-refractivity contribution in [1.29, 1.82) is 0 Å². The summed E-state index contributed by atoms with van der Waals surface area (Å²) in [4.78, 5) is 24.2. The quantitative estimate of drug-likeness (QED) is 0.662. The summed E-state index contributed by atoms with van der Waals surface area (Å²) in [5.41, 5.74) is 1.45. The summed E-state index contributed by atoms with van der Waals surface area (Å²) in [6.45, 7) is 1.75. The van der Waals surface area contributed by atoms with Gasteiger partial charge in [0.1, 0.15) is 29.4 Å². The van der Waals surface area contributed by atoms with Crippen LogP contribution in [0.15, 0.2) is 65.1 Å². The number of anilines is 1. The van der Waals surface area contributed by atoms with Crippen LogP contribution in [-0.4, -0.2) is 19.0 Å². The molecule has 0 saturated heterocycles. The zero-order valence-corrected chi connectivity index (χ0v) is 15.0. The van der Waals surface area contributed by atoms with Gasteiger partial charge in [0.2, 0.25) is 0 Å². The lowest BCUT2D eigenvalue weighted by atomic mass is 10.2. The second-order valence-electron chi connectivity index (χ2n) is 5.78. The molecule has 6 heteroatoms. The fraction of sp³-hybridized carbons (Fsp3) is 0.143. The molecule has 3 rings (SSSR count). The molecule has 0 aliphatic heterocycles. The first-order valence-electron chi connectivity index (χ1n) is 8.34. The molecule has 0 bridgehead atoms. The predicted molar refractivity (Wildman–Crippen MR) is 100.0 cm³/mol. The van der Waals surface area contributed by atoms with E-state index in [4.69, 9.17) is 13.9 Å². The standard InChI is InChI=1S/C21H19NO5/c1-14-18(21(24)25-2)12-16(27-14)13-26-19-11-7-6-10-17(19)20(23)22-15-8-4-3-5-9-15/h3-12H,13H2,1-2H3,(H,22,23). The summed E-state index contributed by atoms with van der Waals surface area (Å²) in [5.74, 6) is 0.592. The minimum atomic E-state index is -0.467.